The number of hydrogen-bond acceptors (Lipinski definition) is 5. The van der Waals surface area contributed by atoms with E-state index in [9.17, 15) is 9.59 Å². The molecule has 1 fully saturated rings. The minimum Gasteiger partial charge on any atom is -0.378 e. The summed E-state index contributed by atoms with van der Waals surface area (Å²) in [4.78, 5) is 31.2. The van der Waals surface area contributed by atoms with Crippen molar-refractivity contribution in [3.05, 3.63) is 53.3 Å². The molecular weight excluding hydrogens is 358 g/mol. The highest BCUT2D eigenvalue weighted by atomic mass is 16.5. The van der Waals surface area contributed by atoms with E-state index in [2.05, 4.69) is 15.4 Å². The second kappa shape index (κ2) is 7.40. The Balaban J connectivity index is 1.47. The van der Waals surface area contributed by atoms with E-state index in [0.29, 0.717) is 43.1 Å². The van der Waals surface area contributed by atoms with Crippen molar-refractivity contribution in [2.24, 2.45) is 7.05 Å². The lowest BCUT2D eigenvalue weighted by atomic mass is 10.1. The smallest absolute Gasteiger partial charge is 0.255 e. The SMILES string of the molecule is Cc1nn(C)c2ncc(NC(=O)c3ccc(C(=O)N4CCOCC4)cc3)cc12. The predicted octanol–water partition coefficient (Wildman–Crippen LogP) is 2.00. The molecule has 0 unspecified atom stereocenters. The number of carbonyl (C=O) groups is 2. The number of nitrogens with zero attached hydrogens (tertiary/aromatic N) is 4. The van der Waals surface area contributed by atoms with Crippen LogP contribution < -0.4 is 5.32 Å². The van der Waals surface area contributed by atoms with Crippen molar-refractivity contribution in [1.29, 1.82) is 0 Å². The lowest BCUT2D eigenvalue weighted by Gasteiger charge is -2.26. The summed E-state index contributed by atoms with van der Waals surface area (Å²) in [7, 11) is 1.83. The Labute approximate surface area is 162 Å². The molecule has 0 spiro atoms. The molecule has 1 aliphatic rings. The Morgan fingerprint density at radius 1 is 1.11 bits per heavy atom. The second-order valence-corrected chi connectivity index (χ2v) is 6.74. The summed E-state index contributed by atoms with van der Waals surface area (Å²) in [5.74, 6) is -0.301. The van der Waals surface area contributed by atoms with Gasteiger partial charge in [-0.1, -0.05) is 0 Å². The van der Waals surface area contributed by atoms with Crippen molar-refractivity contribution in [3.63, 3.8) is 0 Å². The summed E-state index contributed by atoms with van der Waals surface area (Å²) in [5.41, 5.74) is 3.25. The quantitative estimate of drug-likeness (QED) is 0.752. The Kier molecular flexibility index (Phi) is 4.79. The van der Waals surface area contributed by atoms with Crippen molar-refractivity contribution in [2.75, 3.05) is 31.6 Å². The molecule has 1 aromatic carbocycles. The zero-order valence-corrected chi connectivity index (χ0v) is 15.8. The maximum absolute atomic E-state index is 12.6. The number of ether oxygens (including phenoxy) is 1. The van der Waals surface area contributed by atoms with E-state index in [1.165, 1.54) is 0 Å². The number of aryl methyl sites for hydroxylation is 2. The monoisotopic (exact) mass is 379 g/mol. The third-order valence-corrected chi connectivity index (χ3v) is 4.81. The zero-order valence-electron chi connectivity index (χ0n) is 15.8. The van der Waals surface area contributed by atoms with Gasteiger partial charge in [-0.15, -0.1) is 0 Å². The van der Waals surface area contributed by atoms with Crippen LogP contribution in [-0.4, -0.2) is 57.8 Å². The molecule has 0 aliphatic carbocycles. The van der Waals surface area contributed by atoms with Crippen LogP contribution in [0.3, 0.4) is 0 Å². The largest absolute Gasteiger partial charge is 0.378 e. The molecule has 2 amide bonds. The van der Waals surface area contributed by atoms with E-state index in [1.54, 1.807) is 40.0 Å². The average Bonchev–Trinajstić information content (AvgIpc) is 3.01. The molecule has 8 nitrogen and oxygen atoms in total. The van der Waals surface area contributed by atoms with Crippen LogP contribution in [0.5, 0.6) is 0 Å². The first-order chi connectivity index (χ1) is 13.5. The van der Waals surface area contributed by atoms with Crippen molar-refractivity contribution >= 4 is 28.5 Å². The molecule has 2 aromatic heterocycles. The van der Waals surface area contributed by atoms with Crippen molar-refractivity contribution in [2.45, 2.75) is 6.92 Å². The normalized spacial score (nSPS) is 14.3. The minimum absolute atomic E-state index is 0.0445. The molecule has 0 saturated carbocycles. The molecule has 3 heterocycles. The van der Waals surface area contributed by atoms with Crippen molar-refractivity contribution < 1.29 is 14.3 Å². The number of fused-ring (bicyclic) bond motifs is 1. The first kappa shape index (κ1) is 18.1. The van der Waals surface area contributed by atoms with Gasteiger partial charge in [0.25, 0.3) is 11.8 Å². The molecule has 4 rings (SSSR count). The van der Waals surface area contributed by atoms with Crippen molar-refractivity contribution in [3.8, 4) is 0 Å². The van der Waals surface area contributed by atoms with Crippen LogP contribution in [0.1, 0.15) is 26.4 Å². The standard InChI is InChI=1S/C20H21N5O3/c1-13-17-11-16(12-21-18(17)24(2)23-13)22-19(26)14-3-5-15(6-4-14)20(27)25-7-9-28-10-8-25/h3-6,11-12H,7-10H2,1-2H3,(H,22,26). The maximum atomic E-state index is 12.6. The van der Waals surface area contributed by atoms with Gasteiger partial charge < -0.3 is 15.0 Å². The Hall–Kier alpha value is -3.26. The van der Waals surface area contributed by atoms with E-state index in [-0.39, 0.29) is 11.8 Å². The van der Waals surface area contributed by atoms with Gasteiger partial charge in [-0.2, -0.15) is 5.10 Å². The fraction of sp³-hybridized carbons (Fsp3) is 0.300. The van der Waals surface area contributed by atoms with Gasteiger partial charge in [-0.05, 0) is 37.3 Å². The van der Waals surface area contributed by atoms with Gasteiger partial charge in [0.15, 0.2) is 5.65 Å². The van der Waals surface area contributed by atoms with Gasteiger partial charge >= 0.3 is 0 Å². The predicted molar refractivity (Wildman–Crippen MR) is 104 cm³/mol. The summed E-state index contributed by atoms with van der Waals surface area (Å²) in [5, 5.41) is 8.07. The van der Waals surface area contributed by atoms with Gasteiger partial charge in [-0.25, -0.2) is 4.98 Å². The molecule has 144 valence electrons. The highest BCUT2D eigenvalue weighted by Gasteiger charge is 2.19. The molecule has 28 heavy (non-hydrogen) atoms. The van der Waals surface area contributed by atoms with Crippen LogP contribution >= 0.6 is 0 Å². The average molecular weight is 379 g/mol. The zero-order chi connectivity index (χ0) is 19.7. The minimum atomic E-state index is -0.256. The molecule has 0 radical (unpaired) electrons. The van der Waals surface area contributed by atoms with Gasteiger partial charge in [0.1, 0.15) is 0 Å². The third-order valence-electron chi connectivity index (χ3n) is 4.81. The van der Waals surface area contributed by atoms with Crippen LogP contribution in [-0.2, 0) is 11.8 Å². The highest BCUT2D eigenvalue weighted by molar-refractivity contribution is 6.05. The number of hydrogen-bond donors (Lipinski definition) is 1. The van der Waals surface area contributed by atoms with Gasteiger partial charge in [0.2, 0.25) is 0 Å². The van der Waals surface area contributed by atoms with E-state index in [4.69, 9.17) is 4.74 Å². The molecule has 1 saturated heterocycles. The van der Waals surface area contributed by atoms with Crippen molar-refractivity contribution in [1.82, 2.24) is 19.7 Å². The van der Waals surface area contributed by atoms with E-state index >= 15 is 0 Å². The van der Waals surface area contributed by atoms with E-state index < -0.39 is 0 Å². The van der Waals surface area contributed by atoms with Crippen LogP contribution in [0, 0.1) is 6.92 Å². The van der Waals surface area contributed by atoms with E-state index in [1.807, 2.05) is 20.0 Å². The van der Waals surface area contributed by atoms with Gasteiger partial charge in [0, 0.05) is 36.7 Å². The number of amides is 2. The number of benzene rings is 1. The number of aromatic nitrogens is 3. The first-order valence-electron chi connectivity index (χ1n) is 9.11. The molecule has 8 heteroatoms. The Morgan fingerprint density at radius 2 is 1.79 bits per heavy atom. The number of pyridine rings is 1. The summed E-state index contributed by atoms with van der Waals surface area (Å²) in [6, 6.07) is 8.53. The lowest BCUT2D eigenvalue weighted by Crippen LogP contribution is -2.40. The maximum Gasteiger partial charge on any atom is 0.255 e. The summed E-state index contributed by atoms with van der Waals surface area (Å²) >= 11 is 0. The van der Waals surface area contributed by atoms with Gasteiger partial charge in [-0.3, -0.25) is 14.3 Å². The number of anilines is 1. The Morgan fingerprint density at radius 3 is 2.50 bits per heavy atom. The third kappa shape index (κ3) is 3.46. The molecule has 1 aliphatic heterocycles. The van der Waals surface area contributed by atoms with Gasteiger partial charge in [0.05, 0.1) is 30.8 Å². The Bertz CT molecular complexity index is 1040. The second-order valence-electron chi connectivity index (χ2n) is 6.74. The molecule has 0 bridgehead atoms. The van der Waals surface area contributed by atoms with Crippen LogP contribution in [0.25, 0.3) is 11.0 Å². The number of carbonyl (C=O) groups excluding carboxylic acids is 2. The molecule has 1 N–H and O–H groups in total. The fourth-order valence-corrected chi connectivity index (χ4v) is 3.29. The lowest BCUT2D eigenvalue weighted by molar-refractivity contribution is 0.0303. The number of rotatable bonds is 3. The molecule has 3 aromatic rings. The molecule has 0 atom stereocenters. The summed E-state index contributed by atoms with van der Waals surface area (Å²) in [6.07, 6.45) is 1.61. The van der Waals surface area contributed by atoms with Crippen LogP contribution in [0.2, 0.25) is 0 Å². The highest BCUT2D eigenvalue weighted by Crippen LogP contribution is 2.20. The van der Waals surface area contributed by atoms with Crippen LogP contribution in [0.15, 0.2) is 36.5 Å². The van der Waals surface area contributed by atoms with Crippen LogP contribution in [0.4, 0.5) is 5.69 Å². The van der Waals surface area contributed by atoms with E-state index in [0.717, 1.165) is 16.7 Å². The summed E-state index contributed by atoms with van der Waals surface area (Å²) < 4.78 is 6.98. The fourth-order valence-electron chi connectivity index (χ4n) is 3.29. The molecular formula is C20H21N5O3. The summed E-state index contributed by atoms with van der Waals surface area (Å²) in [6.45, 7) is 4.19. The first-order valence-corrected chi connectivity index (χ1v) is 9.11. The number of morpholine rings is 1. The topological polar surface area (TPSA) is 89.3 Å². The number of nitrogens with one attached hydrogen (secondary N) is 1.